The SMILES string of the molecule is COCCOc1cc(CNc2ccccc2C)ccc1OC. The van der Waals surface area contributed by atoms with Crippen molar-refractivity contribution in [2.75, 3.05) is 32.8 Å². The van der Waals surface area contributed by atoms with Gasteiger partial charge in [0, 0.05) is 19.3 Å². The van der Waals surface area contributed by atoms with Crippen LogP contribution in [0.1, 0.15) is 11.1 Å². The lowest BCUT2D eigenvalue weighted by Crippen LogP contribution is -2.06. The zero-order valence-electron chi connectivity index (χ0n) is 13.4. The maximum Gasteiger partial charge on any atom is 0.161 e. The van der Waals surface area contributed by atoms with Gasteiger partial charge in [0.1, 0.15) is 6.61 Å². The van der Waals surface area contributed by atoms with Crippen LogP contribution in [0.3, 0.4) is 0 Å². The molecule has 4 heteroatoms. The quantitative estimate of drug-likeness (QED) is 0.756. The van der Waals surface area contributed by atoms with E-state index in [-0.39, 0.29) is 0 Å². The van der Waals surface area contributed by atoms with E-state index >= 15 is 0 Å². The fourth-order valence-electron chi connectivity index (χ4n) is 2.15. The predicted octanol–water partition coefficient (Wildman–Crippen LogP) is 3.64. The number of hydrogen-bond acceptors (Lipinski definition) is 4. The van der Waals surface area contributed by atoms with Crippen molar-refractivity contribution in [2.45, 2.75) is 13.5 Å². The third-order valence-corrected chi connectivity index (χ3v) is 3.40. The standard InChI is InChI=1S/C18H23NO3/c1-14-6-4-5-7-16(14)19-13-15-8-9-17(21-3)18(12-15)22-11-10-20-2/h4-9,12,19H,10-11,13H2,1-3H3. The average Bonchev–Trinajstić information content (AvgIpc) is 2.54. The van der Waals surface area contributed by atoms with Gasteiger partial charge in [-0.3, -0.25) is 0 Å². The summed E-state index contributed by atoms with van der Waals surface area (Å²) < 4.78 is 16.0. The maximum atomic E-state index is 5.71. The molecule has 0 saturated carbocycles. The second-order valence-electron chi connectivity index (χ2n) is 4.99. The van der Waals surface area contributed by atoms with Gasteiger partial charge in [0.15, 0.2) is 11.5 Å². The van der Waals surface area contributed by atoms with Gasteiger partial charge in [-0.15, -0.1) is 0 Å². The molecule has 0 atom stereocenters. The third kappa shape index (κ3) is 4.40. The molecule has 2 aromatic rings. The summed E-state index contributed by atoms with van der Waals surface area (Å²) in [6.07, 6.45) is 0. The van der Waals surface area contributed by atoms with Crippen LogP contribution in [-0.4, -0.2) is 27.4 Å². The van der Waals surface area contributed by atoms with Crippen LogP contribution in [0.5, 0.6) is 11.5 Å². The third-order valence-electron chi connectivity index (χ3n) is 3.40. The topological polar surface area (TPSA) is 39.7 Å². The predicted molar refractivity (Wildman–Crippen MR) is 88.9 cm³/mol. The fraction of sp³-hybridized carbons (Fsp3) is 0.333. The molecule has 0 bridgehead atoms. The number of anilines is 1. The number of ether oxygens (including phenoxy) is 3. The Hall–Kier alpha value is -2.20. The molecule has 4 nitrogen and oxygen atoms in total. The van der Waals surface area contributed by atoms with Crippen LogP contribution >= 0.6 is 0 Å². The molecule has 0 unspecified atom stereocenters. The molecule has 2 rings (SSSR count). The van der Waals surface area contributed by atoms with E-state index in [0.29, 0.717) is 13.2 Å². The molecule has 0 aromatic heterocycles. The first-order valence-electron chi connectivity index (χ1n) is 7.32. The van der Waals surface area contributed by atoms with Crippen LogP contribution in [0.15, 0.2) is 42.5 Å². The second-order valence-corrected chi connectivity index (χ2v) is 4.99. The van der Waals surface area contributed by atoms with Gasteiger partial charge in [-0.25, -0.2) is 0 Å². The zero-order chi connectivity index (χ0) is 15.8. The summed E-state index contributed by atoms with van der Waals surface area (Å²) in [6, 6.07) is 14.2. The smallest absolute Gasteiger partial charge is 0.161 e. The largest absolute Gasteiger partial charge is 0.493 e. The average molecular weight is 301 g/mol. The van der Waals surface area contributed by atoms with E-state index in [4.69, 9.17) is 14.2 Å². The fourth-order valence-corrected chi connectivity index (χ4v) is 2.15. The molecular weight excluding hydrogens is 278 g/mol. The molecule has 0 spiro atoms. The zero-order valence-corrected chi connectivity index (χ0v) is 13.4. The molecule has 0 amide bonds. The van der Waals surface area contributed by atoms with E-state index in [2.05, 4.69) is 24.4 Å². The Morgan fingerprint density at radius 1 is 0.955 bits per heavy atom. The van der Waals surface area contributed by atoms with Crippen LogP contribution < -0.4 is 14.8 Å². The van der Waals surface area contributed by atoms with Crippen LogP contribution in [-0.2, 0) is 11.3 Å². The van der Waals surface area contributed by atoms with E-state index in [1.165, 1.54) is 5.56 Å². The van der Waals surface area contributed by atoms with Crippen molar-refractivity contribution in [3.63, 3.8) is 0 Å². The van der Waals surface area contributed by atoms with Gasteiger partial charge in [-0.2, -0.15) is 0 Å². The highest BCUT2D eigenvalue weighted by molar-refractivity contribution is 5.51. The summed E-state index contributed by atoms with van der Waals surface area (Å²) in [6.45, 7) is 3.88. The molecule has 0 heterocycles. The number of hydrogen-bond donors (Lipinski definition) is 1. The summed E-state index contributed by atoms with van der Waals surface area (Å²) in [5.74, 6) is 1.47. The first-order valence-corrected chi connectivity index (χ1v) is 7.32. The van der Waals surface area contributed by atoms with E-state index in [0.717, 1.165) is 29.3 Å². The normalized spacial score (nSPS) is 10.3. The van der Waals surface area contributed by atoms with Crippen LogP contribution in [0.25, 0.3) is 0 Å². The lowest BCUT2D eigenvalue weighted by Gasteiger charge is -2.13. The van der Waals surface area contributed by atoms with Crippen molar-refractivity contribution in [1.82, 2.24) is 0 Å². The summed E-state index contributed by atoms with van der Waals surface area (Å²) >= 11 is 0. The number of benzene rings is 2. The van der Waals surface area contributed by atoms with Gasteiger partial charge in [-0.05, 0) is 36.2 Å². The number of methoxy groups -OCH3 is 2. The summed E-state index contributed by atoms with van der Waals surface area (Å²) in [5.41, 5.74) is 3.50. The van der Waals surface area contributed by atoms with Gasteiger partial charge in [0.2, 0.25) is 0 Å². The molecule has 0 saturated heterocycles. The molecule has 118 valence electrons. The Morgan fingerprint density at radius 2 is 1.77 bits per heavy atom. The van der Waals surface area contributed by atoms with Crippen molar-refractivity contribution >= 4 is 5.69 Å². The number of rotatable bonds is 8. The first-order chi connectivity index (χ1) is 10.7. The van der Waals surface area contributed by atoms with E-state index in [9.17, 15) is 0 Å². The van der Waals surface area contributed by atoms with Crippen molar-refractivity contribution in [3.05, 3.63) is 53.6 Å². The van der Waals surface area contributed by atoms with Crippen LogP contribution in [0, 0.1) is 6.92 Å². The first kappa shape index (κ1) is 16.2. The Bertz CT molecular complexity index is 599. The summed E-state index contributed by atoms with van der Waals surface area (Å²) in [7, 11) is 3.30. The van der Waals surface area contributed by atoms with Gasteiger partial charge >= 0.3 is 0 Å². The highest BCUT2D eigenvalue weighted by Gasteiger charge is 2.06. The second kappa shape index (κ2) is 8.29. The van der Waals surface area contributed by atoms with Gasteiger partial charge in [-0.1, -0.05) is 24.3 Å². The van der Waals surface area contributed by atoms with Gasteiger partial charge < -0.3 is 19.5 Å². The Morgan fingerprint density at radius 3 is 2.50 bits per heavy atom. The maximum absolute atomic E-state index is 5.71. The molecule has 2 aromatic carbocycles. The number of aryl methyl sites for hydroxylation is 1. The van der Waals surface area contributed by atoms with E-state index < -0.39 is 0 Å². The lowest BCUT2D eigenvalue weighted by atomic mass is 10.1. The van der Waals surface area contributed by atoms with Crippen molar-refractivity contribution < 1.29 is 14.2 Å². The minimum atomic E-state index is 0.502. The van der Waals surface area contributed by atoms with E-state index in [1.807, 2.05) is 30.3 Å². The molecule has 0 fully saturated rings. The van der Waals surface area contributed by atoms with Crippen LogP contribution in [0.4, 0.5) is 5.69 Å². The highest BCUT2D eigenvalue weighted by Crippen LogP contribution is 2.28. The van der Waals surface area contributed by atoms with Crippen molar-refractivity contribution in [2.24, 2.45) is 0 Å². The number of nitrogens with one attached hydrogen (secondary N) is 1. The summed E-state index contributed by atoms with van der Waals surface area (Å²) in [4.78, 5) is 0. The molecule has 0 aliphatic heterocycles. The molecule has 0 aliphatic rings. The van der Waals surface area contributed by atoms with Gasteiger partial charge in [0.25, 0.3) is 0 Å². The Kier molecular flexibility index (Phi) is 6.10. The molecule has 0 radical (unpaired) electrons. The minimum Gasteiger partial charge on any atom is -0.493 e. The lowest BCUT2D eigenvalue weighted by molar-refractivity contribution is 0.144. The van der Waals surface area contributed by atoms with Crippen molar-refractivity contribution in [1.29, 1.82) is 0 Å². The Balaban J connectivity index is 2.04. The minimum absolute atomic E-state index is 0.502. The number of para-hydroxylation sites is 1. The summed E-state index contributed by atoms with van der Waals surface area (Å²) in [5, 5.41) is 3.44. The molecular formula is C18H23NO3. The van der Waals surface area contributed by atoms with Gasteiger partial charge in [0.05, 0.1) is 13.7 Å². The van der Waals surface area contributed by atoms with E-state index in [1.54, 1.807) is 14.2 Å². The van der Waals surface area contributed by atoms with Crippen molar-refractivity contribution in [3.8, 4) is 11.5 Å². The monoisotopic (exact) mass is 301 g/mol. The molecule has 22 heavy (non-hydrogen) atoms. The molecule has 0 aliphatic carbocycles. The highest BCUT2D eigenvalue weighted by atomic mass is 16.5. The molecule has 1 N–H and O–H groups in total. The Labute approximate surface area is 132 Å². The van der Waals surface area contributed by atoms with Crippen LogP contribution in [0.2, 0.25) is 0 Å².